The van der Waals surface area contributed by atoms with Crippen LogP contribution in [-0.2, 0) is 0 Å². The first-order valence-corrected chi connectivity index (χ1v) is 14.5. The maximum atomic E-state index is 4.13. The number of fused-ring (bicyclic) bond motifs is 1. The van der Waals surface area contributed by atoms with Crippen LogP contribution in [0.3, 0.4) is 0 Å². The lowest BCUT2D eigenvalue weighted by Gasteiger charge is -2.16. The van der Waals surface area contributed by atoms with Gasteiger partial charge in [0.15, 0.2) is 0 Å². The van der Waals surface area contributed by atoms with E-state index in [-0.39, 0.29) is 0 Å². The average molecular weight is 495 g/mol. The Labute approximate surface area is 228 Å². The van der Waals surface area contributed by atoms with Crippen molar-refractivity contribution in [1.29, 1.82) is 0 Å². The Morgan fingerprint density at radius 2 is 1.46 bits per heavy atom. The standard InChI is InChI=1S/C29H34.C8H16/c1-7-9-11-12-14-27(24(5)17-15-22(3)13-10-8-2)28-20-19-26-18-16-23(4)21-29(26)25(28)6;1-2-4-6-8-7-5-3-1/h7,9-11,13,15-21H,1,3,8,12,14H2,2,4-6H3;1-8H2/b11-9-,13-10-,17-15-,27-24+;. The van der Waals surface area contributed by atoms with Crippen LogP contribution in [0.2, 0.25) is 0 Å². The molecule has 0 bridgehead atoms. The fourth-order valence-electron chi connectivity index (χ4n) is 4.95. The van der Waals surface area contributed by atoms with E-state index in [0.29, 0.717) is 0 Å². The quantitative estimate of drug-likeness (QED) is 0.304. The molecule has 0 heteroatoms. The Kier molecular flexibility index (Phi) is 14.4. The van der Waals surface area contributed by atoms with Crippen molar-refractivity contribution in [2.45, 2.75) is 98.3 Å². The second kappa shape index (κ2) is 17.6. The van der Waals surface area contributed by atoms with Gasteiger partial charge in [0.2, 0.25) is 0 Å². The molecule has 37 heavy (non-hydrogen) atoms. The van der Waals surface area contributed by atoms with E-state index in [4.69, 9.17) is 0 Å². The highest BCUT2D eigenvalue weighted by molar-refractivity contribution is 5.91. The summed E-state index contributed by atoms with van der Waals surface area (Å²) >= 11 is 0. The fourth-order valence-corrected chi connectivity index (χ4v) is 4.95. The Morgan fingerprint density at radius 3 is 2.05 bits per heavy atom. The molecule has 0 nitrogen and oxygen atoms in total. The smallest absolute Gasteiger partial charge is 0.0146 e. The van der Waals surface area contributed by atoms with Gasteiger partial charge in [-0.1, -0.05) is 150 Å². The number of benzene rings is 2. The van der Waals surface area contributed by atoms with Crippen molar-refractivity contribution in [1.82, 2.24) is 0 Å². The van der Waals surface area contributed by atoms with Gasteiger partial charge in [-0.25, -0.2) is 0 Å². The summed E-state index contributed by atoms with van der Waals surface area (Å²) in [4.78, 5) is 0. The minimum atomic E-state index is 0.995. The van der Waals surface area contributed by atoms with Crippen molar-refractivity contribution in [3.63, 3.8) is 0 Å². The highest BCUT2D eigenvalue weighted by Gasteiger charge is 2.10. The van der Waals surface area contributed by atoms with Gasteiger partial charge in [0.1, 0.15) is 0 Å². The molecule has 0 amide bonds. The van der Waals surface area contributed by atoms with Crippen LogP contribution in [-0.4, -0.2) is 0 Å². The van der Waals surface area contributed by atoms with Crippen molar-refractivity contribution in [3.05, 3.63) is 114 Å². The minimum absolute atomic E-state index is 0.995. The maximum absolute atomic E-state index is 4.13. The third-order valence-corrected chi connectivity index (χ3v) is 7.20. The molecular formula is C37H50. The van der Waals surface area contributed by atoms with Crippen LogP contribution < -0.4 is 0 Å². The Morgan fingerprint density at radius 1 is 0.838 bits per heavy atom. The van der Waals surface area contributed by atoms with Gasteiger partial charge in [-0.3, -0.25) is 0 Å². The lowest BCUT2D eigenvalue weighted by Crippen LogP contribution is -1.94. The number of hydrogen-bond donors (Lipinski definition) is 0. The van der Waals surface area contributed by atoms with Crippen LogP contribution >= 0.6 is 0 Å². The lowest BCUT2D eigenvalue weighted by atomic mass is 9.89. The third kappa shape index (κ3) is 11.0. The molecule has 0 radical (unpaired) electrons. The molecule has 0 N–H and O–H groups in total. The molecular weight excluding hydrogens is 444 g/mol. The lowest BCUT2D eigenvalue weighted by molar-refractivity contribution is 0.504. The van der Waals surface area contributed by atoms with Crippen LogP contribution in [0.15, 0.2) is 97.2 Å². The monoisotopic (exact) mass is 494 g/mol. The van der Waals surface area contributed by atoms with Crippen LogP contribution in [0.1, 0.15) is 101 Å². The molecule has 0 aliphatic heterocycles. The van der Waals surface area contributed by atoms with Crippen LogP contribution in [0.5, 0.6) is 0 Å². The fraction of sp³-hybridized carbons (Fsp3) is 0.405. The summed E-state index contributed by atoms with van der Waals surface area (Å²) in [5.41, 5.74) is 7.70. The summed E-state index contributed by atoms with van der Waals surface area (Å²) in [5.74, 6) is 0. The number of hydrogen-bond acceptors (Lipinski definition) is 0. The molecule has 1 saturated carbocycles. The number of allylic oxidation sites excluding steroid dienone is 10. The topological polar surface area (TPSA) is 0 Å². The van der Waals surface area contributed by atoms with Crippen LogP contribution in [0, 0.1) is 13.8 Å². The largest absolute Gasteiger partial charge is 0.0991 e. The molecule has 0 spiro atoms. The van der Waals surface area contributed by atoms with Crippen molar-refractivity contribution in [2.24, 2.45) is 0 Å². The normalized spacial score (nSPS) is 15.4. The van der Waals surface area contributed by atoms with Crippen molar-refractivity contribution in [2.75, 3.05) is 0 Å². The second-order valence-corrected chi connectivity index (χ2v) is 10.4. The first-order chi connectivity index (χ1) is 18.0. The predicted octanol–water partition coefficient (Wildman–Crippen LogP) is 12.0. The molecule has 2 aromatic rings. The maximum Gasteiger partial charge on any atom is -0.0146 e. The Balaban J connectivity index is 0.000000510. The molecule has 1 aliphatic carbocycles. The van der Waals surface area contributed by atoms with Gasteiger partial charge in [0, 0.05) is 0 Å². The summed E-state index contributed by atoms with van der Waals surface area (Å²) in [5, 5.41) is 2.64. The van der Waals surface area contributed by atoms with E-state index >= 15 is 0 Å². The third-order valence-electron chi connectivity index (χ3n) is 7.20. The number of aryl methyl sites for hydroxylation is 2. The van der Waals surface area contributed by atoms with Crippen molar-refractivity contribution < 1.29 is 0 Å². The zero-order valence-corrected chi connectivity index (χ0v) is 24.1. The van der Waals surface area contributed by atoms with Crippen LogP contribution in [0.4, 0.5) is 0 Å². The van der Waals surface area contributed by atoms with Gasteiger partial charge in [-0.15, -0.1) is 0 Å². The second-order valence-electron chi connectivity index (χ2n) is 10.4. The summed E-state index contributed by atoms with van der Waals surface area (Å²) in [7, 11) is 0. The first-order valence-electron chi connectivity index (χ1n) is 14.5. The molecule has 0 saturated heterocycles. The average Bonchev–Trinajstić information content (AvgIpc) is 2.87. The van der Waals surface area contributed by atoms with E-state index in [1.807, 2.05) is 12.2 Å². The highest BCUT2D eigenvalue weighted by atomic mass is 14.1. The molecule has 198 valence electrons. The molecule has 3 rings (SSSR count). The summed E-state index contributed by atoms with van der Waals surface area (Å²) in [6.07, 6.45) is 29.6. The molecule has 0 unspecified atom stereocenters. The highest BCUT2D eigenvalue weighted by Crippen LogP contribution is 2.32. The van der Waals surface area contributed by atoms with Gasteiger partial charge in [-0.05, 0) is 78.7 Å². The summed E-state index contributed by atoms with van der Waals surface area (Å²) < 4.78 is 0. The van der Waals surface area contributed by atoms with Gasteiger partial charge < -0.3 is 0 Å². The van der Waals surface area contributed by atoms with E-state index in [9.17, 15) is 0 Å². The Hall–Kier alpha value is -2.86. The van der Waals surface area contributed by atoms with Gasteiger partial charge in [-0.2, -0.15) is 0 Å². The first kappa shape index (κ1) is 30.4. The van der Waals surface area contributed by atoms with E-state index in [1.165, 1.54) is 90.0 Å². The van der Waals surface area contributed by atoms with Gasteiger partial charge in [0.25, 0.3) is 0 Å². The summed E-state index contributed by atoms with van der Waals surface area (Å²) in [6.45, 7) is 16.7. The van der Waals surface area contributed by atoms with E-state index in [0.717, 1.165) is 24.8 Å². The molecule has 0 heterocycles. The molecule has 1 aliphatic rings. The van der Waals surface area contributed by atoms with Crippen LogP contribution in [0.25, 0.3) is 16.3 Å². The van der Waals surface area contributed by atoms with Gasteiger partial charge in [0.05, 0.1) is 0 Å². The molecule has 1 fully saturated rings. The molecule has 2 aromatic carbocycles. The minimum Gasteiger partial charge on any atom is -0.0991 e. The molecule has 0 atom stereocenters. The molecule has 0 aromatic heterocycles. The predicted molar refractivity (Wildman–Crippen MR) is 169 cm³/mol. The zero-order valence-electron chi connectivity index (χ0n) is 24.1. The van der Waals surface area contributed by atoms with Crippen molar-refractivity contribution in [3.8, 4) is 0 Å². The number of rotatable bonds is 9. The van der Waals surface area contributed by atoms with Gasteiger partial charge >= 0.3 is 0 Å². The van der Waals surface area contributed by atoms with Crippen molar-refractivity contribution >= 4 is 16.3 Å². The SMILES string of the molecule is C1CCCCCCC1.C=C/C=C\CC/C(=C(C)\C=C/C(=C)/C=C\CC)c1ccc2ccc(C)cc2c1C. The van der Waals surface area contributed by atoms with E-state index < -0.39 is 0 Å². The van der Waals surface area contributed by atoms with E-state index in [1.54, 1.807) is 0 Å². The zero-order chi connectivity index (χ0) is 26.9. The van der Waals surface area contributed by atoms with E-state index in [2.05, 4.69) is 102 Å². The Bertz CT molecular complexity index is 1090. The summed E-state index contributed by atoms with van der Waals surface area (Å²) in [6, 6.07) is 11.2.